The summed E-state index contributed by atoms with van der Waals surface area (Å²) in [6, 6.07) is 9.03. The lowest BCUT2D eigenvalue weighted by Gasteiger charge is -2.33. The third-order valence-corrected chi connectivity index (χ3v) is 6.28. The molecule has 2 aliphatic rings. The Morgan fingerprint density at radius 2 is 1.68 bits per heavy atom. The summed E-state index contributed by atoms with van der Waals surface area (Å²) in [5.41, 5.74) is 0.744. The minimum Gasteiger partial charge on any atom is -0.455 e. The highest BCUT2D eigenvalue weighted by molar-refractivity contribution is 7.88. The van der Waals surface area contributed by atoms with Gasteiger partial charge in [-0.1, -0.05) is 30.3 Å². The fourth-order valence-electron chi connectivity index (χ4n) is 2.75. The lowest BCUT2D eigenvalue weighted by molar-refractivity contribution is -0.153. The molecule has 0 atom stereocenters. The standard InChI is InChI=1S/C17H22N2O5S/c20-16(12-24-17(21)15-6-7-15)18-8-10-19(11-9-18)25(22,23)13-14-4-2-1-3-5-14/h1-5,15H,6-13H2. The lowest BCUT2D eigenvalue weighted by Crippen LogP contribution is -2.51. The van der Waals surface area contributed by atoms with Crippen molar-refractivity contribution in [2.45, 2.75) is 18.6 Å². The molecule has 25 heavy (non-hydrogen) atoms. The predicted octanol–water partition coefficient (Wildman–Crippen LogP) is 0.614. The summed E-state index contributed by atoms with van der Waals surface area (Å²) in [4.78, 5) is 25.1. The van der Waals surface area contributed by atoms with Gasteiger partial charge in [0.1, 0.15) is 0 Å². The van der Waals surface area contributed by atoms with Crippen LogP contribution in [0.5, 0.6) is 0 Å². The van der Waals surface area contributed by atoms with Crippen LogP contribution in [0.1, 0.15) is 18.4 Å². The van der Waals surface area contributed by atoms with Crippen LogP contribution < -0.4 is 0 Å². The molecule has 1 aromatic carbocycles. The highest BCUT2D eigenvalue weighted by atomic mass is 32.2. The van der Waals surface area contributed by atoms with Crippen molar-refractivity contribution in [1.82, 2.24) is 9.21 Å². The smallest absolute Gasteiger partial charge is 0.309 e. The molecule has 0 unspecified atom stereocenters. The number of rotatable bonds is 6. The van der Waals surface area contributed by atoms with Crippen LogP contribution in [0.4, 0.5) is 0 Å². The van der Waals surface area contributed by atoms with Gasteiger partial charge in [0.25, 0.3) is 5.91 Å². The van der Waals surface area contributed by atoms with Gasteiger partial charge < -0.3 is 9.64 Å². The second-order valence-corrected chi connectivity index (χ2v) is 8.37. The van der Waals surface area contributed by atoms with Crippen LogP contribution in [0.3, 0.4) is 0 Å². The van der Waals surface area contributed by atoms with Gasteiger partial charge in [0, 0.05) is 26.2 Å². The maximum atomic E-state index is 12.5. The Kier molecular flexibility index (Phi) is 5.39. The van der Waals surface area contributed by atoms with Gasteiger partial charge in [0.2, 0.25) is 10.0 Å². The van der Waals surface area contributed by atoms with E-state index in [0.717, 1.165) is 18.4 Å². The molecule has 0 bridgehead atoms. The fraction of sp³-hybridized carbons (Fsp3) is 0.529. The molecule has 0 N–H and O–H groups in total. The fourth-order valence-corrected chi connectivity index (χ4v) is 4.27. The van der Waals surface area contributed by atoms with Crippen LogP contribution in [0.15, 0.2) is 30.3 Å². The maximum absolute atomic E-state index is 12.5. The second-order valence-electron chi connectivity index (χ2n) is 6.40. The average Bonchev–Trinajstić information content (AvgIpc) is 3.45. The van der Waals surface area contributed by atoms with Crippen LogP contribution in [-0.2, 0) is 30.1 Å². The Bertz CT molecular complexity index is 723. The van der Waals surface area contributed by atoms with E-state index < -0.39 is 10.0 Å². The summed E-state index contributed by atoms with van der Waals surface area (Å²) in [5.74, 6) is -0.653. The van der Waals surface area contributed by atoms with Crippen LogP contribution in [-0.4, -0.2) is 62.3 Å². The van der Waals surface area contributed by atoms with Crippen molar-refractivity contribution in [2.24, 2.45) is 5.92 Å². The van der Waals surface area contributed by atoms with Crippen LogP contribution in [0, 0.1) is 5.92 Å². The van der Waals surface area contributed by atoms with Gasteiger partial charge >= 0.3 is 5.97 Å². The molecule has 7 nitrogen and oxygen atoms in total. The molecule has 2 fully saturated rings. The van der Waals surface area contributed by atoms with Crippen molar-refractivity contribution in [1.29, 1.82) is 0 Å². The largest absolute Gasteiger partial charge is 0.455 e. The first kappa shape index (κ1) is 17.9. The number of hydrogen-bond acceptors (Lipinski definition) is 5. The van der Waals surface area contributed by atoms with E-state index in [9.17, 15) is 18.0 Å². The summed E-state index contributed by atoms with van der Waals surface area (Å²) in [7, 11) is -3.40. The molecular formula is C17H22N2O5S. The number of esters is 1. The van der Waals surface area contributed by atoms with E-state index in [1.807, 2.05) is 18.2 Å². The first-order chi connectivity index (χ1) is 12.0. The first-order valence-electron chi connectivity index (χ1n) is 8.42. The number of carbonyl (C=O) groups is 2. The van der Waals surface area contributed by atoms with Crippen molar-refractivity contribution in [2.75, 3.05) is 32.8 Å². The molecular weight excluding hydrogens is 344 g/mol. The number of amides is 1. The van der Waals surface area contributed by atoms with Crippen molar-refractivity contribution >= 4 is 21.9 Å². The molecule has 0 radical (unpaired) electrons. The molecule has 1 aliphatic carbocycles. The molecule has 1 saturated heterocycles. The molecule has 1 aliphatic heterocycles. The topological polar surface area (TPSA) is 84.0 Å². The number of ether oxygens (including phenoxy) is 1. The second kappa shape index (κ2) is 7.53. The first-order valence-corrected chi connectivity index (χ1v) is 10.0. The van der Waals surface area contributed by atoms with Gasteiger partial charge in [-0.2, -0.15) is 4.31 Å². The molecule has 1 heterocycles. The van der Waals surface area contributed by atoms with Gasteiger partial charge in [-0.05, 0) is 18.4 Å². The van der Waals surface area contributed by atoms with E-state index in [0.29, 0.717) is 13.1 Å². The van der Waals surface area contributed by atoms with Crippen LogP contribution >= 0.6 is 0 Å². The highest BCUT2D eigenvalue weighted by Gasteiger charge is 2.33. The summed E-state index contributed by atoms with van der Waals surface area (Å²) in [6.45, 7) is 0.892. The van der Waals surface area contributed by atoms with Crippen LogP contribution in [0.2, 0.25) is 0 Å². The summed E-state index contributed by atoms with van der Waals surface area (Å²) >= 11 is 0. The van der Waals surface area contributed by atoms with E-state index in [-0.39, 0.29) is 43.2 Å². The van der Waals surface area contributed by atoms with Crippen molar-refractivity contribution in [3.05, 3.63) is 35.9 Å². The van der Waals surface area contributed by atoms with Gasteiger partial charge in [0.15, 0.2) is 6.61 Å². The maximum Gasteiger partial charge on any atom is 0.309 e. The Balaban J connectivity index is 1.47. The third kappa shape index (κ3) is 4.79. The summed E-state index contributed by atoms with van der Waals surface area (Å²) in [5, 5.41) is 0. The minimum atomic E-state index is -3.40. The number of benzene rings is 1. The number of sulfonamides is 1. The molecule has 3 rings (SSSR count). The molecule has 1 saturated carbocycles. The van der Waals surface area contributed by atoms with E-state index in [2.05, 4.69) is 0 Å². The Morgan fingerprint density at radius 3 is 2.28 bits per heavy atom. The monoisotopic (exact) mass is 366 g/mol. The molecule has 8 heteroatoms. The zero-order valence-corrected chi connectivity index (χ0v) is 14.8. The van der Waals surface area contributed by atoms with E-state index in [1.54, 1.807) is 17.0 Å². The average molecular weight is 366 g/mol. The molecule has 1 aromatic rings. The number of hydrogen-bond donors (Lipinski definition) is 0. The van der Waals surface area contributed by atoms with E-state index in [1.165, 1.54) is 4.31 Å². The number of piperazine rings is 1. The number of nitrogens with zero attached hydrogens (tertiary/aromatic N) is 2. The molecule has 0 spiro atoms. The van der Waals surface area contributed by atoms with Gasteiger partial charge in [0.05, 0.1) is 11.7 Å². The number of carbonyl (C=O) groups excluding carboxylic acids is 2. The lowest BCUT2D eigenvalue weighted by atomic mass is 10.2. The third-order valence-electron chi connectivity index (χ3n) is 4.43. The summed E-state index contributed by atoms with van der Waals surface area (Å²) < 4.78 is 31.4. The minimum absolute atomic E-state index is 0.0345. The zero-order chi connectivity index (χ0) is 17.9. The quantitative estimate of drug-likeness (QED) is 0.689. The zero-order valence-electron chi connectivity index (χ0n) is 14.0. The van der Waals surface area contributed by atoms with Crippen molar-refractivity contribution in [3.63, 3.8) is 0 Å². The normalized spacial score (nSPS) is 18.8. The van der Waals surface area contributed by atoms with Gasteiger partial charge in [-0.15, -0.1) is 0 Å². The SMILES string of the molecule is O=C(OCC(=O)N1CCN(S(=O)(=O)Cc2ccccc2)CC1)C1CC1. The predicted molar refractivity (Wildman–Crippen MR) is 90.9 cm³/mol. The van der Waals surface area contributed by atoms with Gasteiger partial charge in [-0.3, -0.25) is 9.59 Å². The van der Waals surface area contributed by atoms with Crippen molar-refractivity contribution in [3.8, 4) is 0 Å². The van der Waals surface area contributed by atoms with E-state index >= 15 is 0 Å². The Hall–Kier alpha value is -1.93. The Labute approximate surface area is 147 Å². The highest BCUT2D eigenvalue weighted by Crippen LogP contribution is 2.30. The molecule has 1 amide bonds. The van der Waals surface area contributed by atoms with Gasteiger partial charge in [-0.25, -0.2) is 8.42 Å². The molecule has 0 aromatic heterocycles. The summed E-state index contributed by atoms with van der Waals surface area (Å²) in [6.07, 6.45) is 1.68. The Morgan fingerprint density at radius 1 is 1.04 bits per heavy atom. The van der Waals surface area contributed by atoms with Crippen LogP contribution in [0.25, 0.3) is 0 Å². The molecule has 136 valence electrons. The van der Waals surface area contributed by atoms with E-state index in [4.69, 9.17) is 4.74 Å². The van der Waals surface area contributed by atoms with Crippen molar-refractivity contribution < 1.29 is 22.7 Å².